The molecule has 1 heterocycles. The Morgan fingerprint density at radius 3 is 2.90 bits per heavy atom. The van der Waals surface area contributed by atoms with Gasteiger partial charge in [0.05, 0.1) is 17.0 Å². The molecule has 1 aromatic heterocycles. The Kier molecular flexibility index (Phi) is 4.12. The molecule has 0 aliphatic carbocycles. The largest absolute Gasteiger partial charge is 0.478 e. The summed E-state index contributed by atoms with van der Waals surface area (Å²) in [5, 5.41) is 30.4. The van der Waals surface area contributed by atoms with Gasteiger partial charge in [0, 0.05) is 24.4 Å². The van der Waals surface area contributed by atoms with Gasteiger partial charge in [0.2, 0.25) is 0 Å². The highest BCUT2D eigenvalue weighted by Crippen LogP contribution is 2.22. The van der Waals surface area contributed by atoms with Gasteiger partial charge in [-0.1, -0.05) is 0 Å². The van der Waals surface area contributed by atoms with Gasteiger partial charge in [-0.15, -0.1) is 10.2 Å². The molecule has 0 saturated heterocycles. The highest BCUT2D eigenvalue weighted by Gasteiger charge is 2.16. The molecule has 9 heteroatoms. The van der Waals surface area contributed by atoms with Gasteiger partial charge in [-0.25, -0.2) is 4.79 Å². The molecule has 110 valence electrons. The van der Waals surface area contributed by atoms with E-state index in [-0.39, 0.29) is 17.8 Å². The van der Waals surface area contributed by atoms with Crippen LogP contribution in [0, 0.1) is 10.1 Å². The average molecular weight is 291 g/mol. The Balaban J connectivity index is 2.23. The Hall–Kier alpha value is -2.97. The summed E-state index contributed by atoms with van der Waals surface area (Å²) in [7, 11) is 0. The van der Waals surface area contributed by atoms with Crippen molar-refractivity contribution in [2.45, 2.75) is 20.0 Å². The van der Waals surface area contributed by atoms with E-state index in [1.165, 1.54) is 12.1 Å². The molecule has 2 rings (SSSR count). The number of nitrogens with zero attached hydrogens (tertiary/aromatic N) is 4. The van der Waals surface area contributed by atoms with Crippen molar-refractivity contribution in [3.8, 4) is 0 Å². The van der Waals surface area contributed by atoms with Crippen molar-refractivity contribution in [2.75, 3.05) is 5.32 Å². The zero-order valence-electron chi connectivity index (χ0n) is 11.2. The van der Waals surface area contributed by atoms with Crippen LogP contribution in [0.4, 0.5) is 11.4 Å². The van der Waals surface area contributed by atoms with Crippen molar-refractivity contribution in [1.29, 1.82) is 0 Å². The standard InChI is InChI=1S/C12H13N5O4/c1-2-16-7-14-15-11(16)6-13-10-4-3-8(17(20)21)5-9(10)12(18)19/h3-5,7,13H,2,6H2,1H3,(H,18,19). The number of hydrogen-bond donors (Lipinski definition) is 2. The van der Waals surface area contributed by atoms with Gasteiger partial charge in [-0.05, 0) is 13.0 Å². The van der Waals surface area contributed by atoms with E-state index in [1.54, 1.807) is 10.9 Å². The fourth-order valence-corrected chi connectivity index (χ4v) is 1.83. The average Bonchev–Trinajstić information content (AvgIpc) is 2.92. The molecule has 0 aliphatic rings. The monoisotopic (exact) mass is 291 g/mol. The first-order valence-corrected chi connectivity index (χ1v) is 6.15. The van der Waals surface area contributed by atoms with Crippen LogP contribution < -0.4 is 5.32 Å². The third-order valence-electron chi connectivity index (χ3n) is 2.92. The Bertz CT molecular complexity index is 682. The van der Waals surface area contributed by atoms with Gasteiger partial charge in [0.1, 0.15) is 6.33 Å². The number of non-ortho nitro benzene ring substituents is 1. The number of aromatic carboxylic acids is 1. The lowest BCUT2D eigenvalue weighted by molar-refractivity contribution is -0.384. The molecule has 0 fully saturated rings. The maximum atomic E-state index is 11.2. The number of nitro groups is 1. The van der Waals surface area contributed by atoms with Crippen LogP contribution in [0.25, 0.3) is 0 Å². The van der Waals surface area contributed by atoms with E-state index in [4.69, 9.17) is 5.11 Å². The number of anilines is 1. The predicted octanol–water partition coefficient (Wildman–Crippen LogP) is 1.52. The van der Waals surface area contributed by atoms with Crippen molar-refractivity contribution < 1.29 is 14.8 Å². The first-order chi connectivity index (χ1) is 10.0. The number of hydrogen-bond acceptors (Lipinski definition) is 6. The molecule has 2 aromatic rings. The predicted molar refractivity (Wildman–Crippen MR) is 73.1 cm³/mol. The van der Waals surface area contributed by atoms with Crippen LogP contribution in [0.15, 0.2) is 24.5 Å². The smallest absolute Gasteiger partial charge is 0.338 e. The number of carbonyl (C=O) groups is 1. The van der Waals surface area contributed by atoms with Gasteiger partial charge in [-0.3, -0.25) is 10.1 Å². The highest BCUT2D eigenvalue weighted by atomic mass is 16.6. The maximum absolute atomic E-state index is 11.2. The minimum Gasteiger partial charge on any atom is -0.478 e. The van der Waals surface area contributed by atoms with Crippen LogP contribution in [-0.2, 0) is 13.1 Å². The van der Waals surface area contributed by atoms with E-state index in [9.17, 15) is 14.9 Å². The van der Waals surface area contributed by atoms with E-state index in [2.05, 4.69) is 15.5 Å². The molecule has 9 nitrogen and oxygen atoms in total. The quantitative estimate of drug-likeness (QED) is 0.610. The molecule has 0 spiro atoms. The van der Waals surface area contributed by atoms with Crippen molar-refractivity contribution in [3.05, 3.63) is 46.0 Å². The number of aryl methyl sites for hydroxylation is 1. The van der Waals surface area contributed by atoms with Gasteiger partial charge in [0.25, 0.3) is 5.69 Å². The molecule has 21 heavy (non-hydrogen) atoms. The van der Waals surface area contributed by atoms with Crippen LogP contribution in [0.2, 0.25) is 0 Å². The Morgan fingerprint density at radius 2 is 2.29 bits per heavy atom. The van der Waals surface area contributed by atoms with Crippen molar-refractivity contribution in [2.24, 2.45) is 0 Å². The number of rotatable bonds is 6. The van der Waals surface area contributed by atoms with Gasteiger partial charge < -0.3 is 15.0 Å². The maximum Gasteiger partial charge on any atom is 0.338 e. The van der Waals surface area contributed by atoms with E-state index in [1.807, 2.05) is 6.92 Å². The first-order valence-electron chi connectivity index (χ1n) is 6.15. The van der Waals surface area contributed by atoms with E-state index >= 15 is 0 Å². The lowest BCUT2D eigenvalue weighted by Gasteiger charge is -2.09. The van der Waals surface area contributed by atoms with Crippen LogP contribution >= 0.6 is 0 Å². The molecular formula is C12H13N5O4. The number of benzene rings is 1. The summed E-state index contributed by atoms with van der Waals surface area (Å²) >= 11 is 0. The molecule has 1 aromatic carbocycles. The zero-order chi connectivity index (χ0) is 15.4. The fraction of sp³-hybridized carbons (Fsp3) is 0.250. The zero-order valence-corrected chi connectivity index (χ0v) is 11.2. The van der Waals surface area contributed by atoms with E-state index in [0.717, 1.165) is 6.07 Å². The molecule has 0 aliphatic heterocycles. The minimum absolute atomic E-state index is 0.160. The number of carboxylic acids is 1. The highest BCUT2D eigenvalue weighted by molar-refractivity contribution is 5.95. The molecule has 0 bridgehead atoms. The second-order valence-electron chi connectivity index (χ2n) is 4.18. The number of nitrogens with one attached hydrogen (secondary N) is 1. The topological polar surface area (TPSA) is 123 Å². The fourth-order valence-electron chi connectivity index (χ4n) is 1.83. The second-order valence-corrected chi connectivity index (χ2v) is 4.18. The molecule has 0 amide bonds. The SMILES string of the molecule is CCn1cnnc1CNc1ccc([N+](=O)[O-])cc1C(=O)O. The summed E-state index contributed by atoms with van der Waals surface area (Å²) in [5.74, 6) is -0.592. The molecule has 2 N–H and O–H groups in total. The summed E-state index contributed by atoms with van der Waals surface area (Å²) in [6, 6.07) is 3.64. The second kappa shape index (κ2) is 5.99. The van der Waals surface area contributed by atoms with Gasteiger partial charge in [-0.2, -0.15) is 0 Å². The number of carboxylic acid groups (broad SMARTS) is 1. The molecule has 0 radical (unpaired) electrons. The van der Waals surface area contributed by atoms with Crippen LogP contribution in [0.5, 0.6) is 0 Å². The number of aromatic nitrogens is 3. The molecule has 0 saturated carbocycles. The summed E-state index contributed by atoms with van der Waals surface area (Å²) in [6.07, 6.45) is 1.57. The van der Waals surface area contributed by atoms with Crippen molar-refractivity contribution in [3.63, 3.8) is 0 Å². The third-order valence-corrected chi connectivity index (χ3v) is 2.92. The van der Waals surface area contributed by atoms with E-state index in [0.29, 0.717) is 18.1 Å². The number of nitro benzene ring substituents is 1. The molecule has 0 atom stereocenters. The van der Waals surface area contributed by atoms with E-state index < -0.39 is 10.9 Å². The Labute approximate surface area is 119 Å². The van der Waals surface area contributed by atoms with Gasteiger partial charge >= 0.3 is 5.97 Å². The van der Waals surface area contributed by atoms with Crippen LogP contribution in [-0.4, -0.2) is 30.8 Å². The van der Waals surface area contributed by atoms with Crippen LogP contribution in [0.3, 0.4) is 0 Å². The lowest BCUT2D eigenvalue weighted by atomic mass is 10.1. The summed E-state index contributed by atoms with van der Waals surface area (Å²) in [4.78, 5) is 21.2. The summed E-state index contributed by atoms with van der Waals surface area (Å²) in [6.45, 7) is 2.89. The third kappa shape index (κ3) is 3.14. The van der Waals surface area contributed by atoms with Crippen LogP contribution in [0.1, 0.15) is 23.1 Å². The Morgan fingerprint density at radius 1 is 1.52 bits per heavy atom. The first kappa shape index (κ1) is 14.4. The normalized spacial score (nSPS) is 10.3. The molecular weight excluding hydrogens is 278 g/mol. The minimum atomic E-state index is -1.24. The van der Waals surface area contributed by atoms with Crippen molar-refractivity contribution >= 4 is 17.3 Å². The lowest BCUT2D eigenvalue weighted by Crippen LogP contribution is -2.10. The molecule has 0 unspecified atom stereocenters. The summed E-state index contributed by atoms with van der Waals surface area (Å²) < 4.78 is 1.80. The van der Waals surface area contributed by atoms with Crippen molar-refractivity contribution in [1.82, 2.24) is 14.8 Å². The summed E-state index contributed by atoms with van der Waals surface area (Å²) in [5.41, 5.74) is -0.139. The van der Waals surface area contributed by atoms with Gasteiger partial charge in [0.15, 0.2) is 5.82 Å².